The molecule has 16 heavy (non-hydrogen) atoms. The molecule has 0 saturated carbocycles. The summed E-state index contributed by atoms with van der Waals surface area (Å²) in [5.41, 5.74) is 0.929. The molecule has 1 aromatic carbocycles. The van der Waals surface area contributed by atoms with E-state index in [1.807, 2.05) is 18.3 Å². The number of para-hydroxylation sites is 1. The number of nitrogens with two attached hydrogens (primary N) is 1. The third-order valence-electron chi connectivity index (χ3n) is 2.36. The third kappa shape index (κ3) is 3.60. The van der Waals surface area contributed by atoms with Crippen molar-refractivity contribution >= 4 is 5.69 Å². The molecule has 0 amide bonds. The molecule has 0 radical (unpaired) electrons. The van der Waals surface area contributed by atoms with Crippen molar-refractivity contribution < 1.29 is 15.0 Å². The molecular weight excluding hydrogens is 208 g/mol. The quantitative estimate of drug-likeness (QED) is 0.572. The number of hydrogen-bond acceptors (Lipinski definition) is 3. The summed E-state index contributed by atoms with van der Waals surface area (Å²) < 4.78 is 5.00. The number of nitrogens with zero attached hydrogens (tertiary/aromatic N) is 1. The highest BCUT2D eigenvalue weighted by molar-refractivity contribution is 5.38. The van der Waals surface area contributed by atoms with E-state index in [9.17, 15) is 10.1 Å². The number of hydrogen-bond donors (Lipinski definition) is 1. The topological polar surface area (TPSA) is 69.0 Å². The lowest BCUT2D eigenvalue weighted by atomic mass is 10.1. The van der Waals surface area contributed by atoms with Crippen LogP contribution in [0.4, 0.5) is 5.69 Å². The van der Waals surface area contributed by atoms with Crippen molar-refractivity contribution in [3.63, 3.8) is 0 Å². The van der Waals surface area contributed by atoms with Crippen molar-refractivity contribution in [3.8, 4) is 0 Å². The Morgan fingerprint density at radius 1 is 1.50 bits per heavy atom. The van der Waals surface area contributed by atoms with E-state index in [1.54, 1.807) is 19.2 Å². The van der Waals surface area contributed by atoms with Gasteiger partial charge in [-0.25, -0.2) is 0 Å². The molecule has 0 unspecified atom stereocenters. The molecule has 0 aliphatic carbocycles. The largest absolute Gasteiger partial charge is 0.379 e. The number of methoxy groups -OCH3 is 1. The van der Waals surface area contributed by atoms with Gasteiger partial charge in [0, 0.05) is 13.2 Å². The molecule has 1 atom stereocenters. The van der Waals surface area contributed by atoms with Gasteiger partial charge in [-0.1, -0.05) is 12.1 Å². The van der Waals surface area contributed by atoms with E-state index in [2.05, 4.69) is 0 Å². The van der Waals surface area contributed by atoms with Crippen LogP contribution in [0.5, 0.6) is 0 Å². The molecule has 0 fully saturated rings. The molecule has 0 spiro atoms. The van der Waals surface area contributed by atoms with Crippen molar-refractivity contribution in [2.75, 3.05) is 13.7 Å². The Balaban J connectivity index is 2.63. The van der Waals surface area contributed by atoms with Crippen molar-refractivity contribution in [1.82, 2.24) is 0 Å². The second-order valence-corrected chi connectivity index (χ2v) is 3.76. The molecule has 0 bridgehead atoms. The third-order valence-corrected chi connectivity index (χ3v) is 2.36. The summed E-state index contributed by atoms with van der Waals surface area (Å²) in [6.07, 6.45) is 0. The second-order valence-electron chi connectivity index (χ2n) is 3.76. The zero-order valence-electron chi connectivity index (χ0n) is 9.55. The summed E-state index contributed by atoms with van der Waals surface area (Å²) in [4.78, 5) is 10.4. The summed E-state index contributed by atoms with van der Waals surface area (Å²) in [5, 5.41) is 12.8. The minimum absolute atomic E-state index is 0.184. The monoisotopic (exact) mass is 225 g/mol. The van der Waals surface area contributed by atoms with Crippen LogP contribution in [-0.2, 0) is 11.3 Å². The van der Waals surface area contributed by atoms with Gasteiger partial charge in [0.25, 0.3) is 5.69 Å². The first-order valence-corrected chi connectivity index (χ1v) is 5.19. The molecule has 0 aromatic heterocycles. The van der Waals surface area contributed by atoms with Crippen molar-refractivity contribution in [1.29, 1.82) is 0 Å². The fraction of sp³-hybridized carbons (Fsp3) is 0.455. The number of nitro groups is 1. The highest BCUT2D eigenvalue weighted by Gasteiger charge is 2.14. The lowest BCUT2D eigenvalue weighted by molar-refractivity contribution is -0.703. The highest BCUT2D eigenvalue weighted by Crippen LogP contribution is 2.15. The van der Waals surface area contributed by atoms with Crippen molar-refractivity contribution in [2.45, 2.75) is 19.5 Å². The molecule has 1 aromatic rings. The summed E-state index contributed by atoms with van der Waals surface area (Å²) >= 11 is 0. The Morgan fingerprint density at radius 3 is 2.81 bits per heavy atom. The average molecular weight is 225 g/mol. The zero-order chi connectivity index (χ0) is 12.0. The molecule has 0 aliphatic rings. The smallest absolute Gasteiger partial charge is 0.278 e. The van der Waals surface area contributed by atoms with Gasteiger partial charge in [0.1, 0.15) is 12.6 Å². The Bertz CT molecular complexity index is 355. The van der Waals surface area contributed by atoms with Gasteiger partial charge < -0.3 is 10.1 Å². The molecule has 5 nitrogen and oxygen atoms in total. The first kappa shape index (κ1) is 12.6. The lowest BCUT2D eigenvalue weighted by Crippen LogP contribution is -2.88. The summed E-state index contributed by atoms with van der Waals surface area (Å²) in [6, 6.07) is 7.11. The molecular formula is C11H17N2O3+. The van der Waals surface area contributed by atoms with Crippen LogP contribution in [-0.4, -0.2) is 24.7 Å². The number of benzene rings is 1. The van der Waals surface area contributed by atoms with E-state index >= 15 is 0 Å². The van der Waals surface area contributed by atoms with Crippen LogP contribution in [0.1, 0.15) is 12.5 Å². The molecule has 0 saturated heterocycles. The summed E-state index contributed by atoms with van der Waals surface area (Å²) in [7, 11) is 1.65. The second kappa shape index (κ2) is 6.19. The standard InChI is InChI=1S/C11H16N2O3/c1-9(8-16-2)12-7-10-5-3-4-6-11(10)13(14)15/h3-6,9,12H,7-8H2,1-2H3/p+1/t9-/m0/s1. The predicted molar refractivity (Wildman–Crippen MR) is 60.1 cm³/mol. The number of quaternary nitrogens is 1. The van der Waals surface area contributed by atoms with Gasteiger partial charge in [0.15, 0.2) is 0 Å². The van der Waals surface area contributed by atoms with Crippen LogP contribution in [0.3, 0.4) is 0 Å². The summed E-state index contributed by atoms with van der Waals surface area (Å²) in [6.45, 7) is 3.26. The zero-order valence-corrected chi connectivity index (χ0v) is 9.55. The Hall–Kier alpha value is -1.46. The van der Waals surface area contributed by atoms with Crippen molar-refractivity contribution in [2.24, 2.45) is 0 Å². The van der Waals surface area contributed by atoms with Crippen molar-refractivity contribution in [3.05, 3.63) is 39.9 Å². The maximum atomic E-state index is 10.8. The fourth-order valence-corrected chi connectivity index (χ4v) is 1.52. The van der Waals surface area contributed by atoms with Crippen LogP contribution in [0.25, 0.3) is 0 Å². The van der Waals surface area contributed by atoms with Gasteiger partial charge >= 0.3 is 0 Å². The molecule has 1 rings (SSSR count). The van der Waals surface area contributed by atoms with Gasteiger partial charge in [0.2, 0.25) is 0 Å². The SMILES string of the molecule is COC[C@H](C)[NH2+]Cc1ccccc1[N+](=O)[O-]. The average Bonchev–Trinajstić information content (AvgIpc) is 2.27. The van der Waals surface area contributed by atoms with Crippen LogP contribution in [0.2, 0.25) is 0 Å². The van der Waals surface area contributed by atoms with Crippen LogP contribution >= 0.6 is 0 Å². The van der Waals surface area contributed by atoms with E-state index in [0.29, 0.717) is 19.2 Å². The van der Waals surface area contributed by atoms with Gasteiger partial charge in [0.05, 0.1) is 17.1 Å². The maximum absolute atomic E-state index is 10.8. The first-order chi connectivity index (χ1) is 7.65. The minimum Gasteiger partial charge on any atom is -0.379 e. The molecule has 2 N–H and O–H groups in total. The van der Waals surface area contributed by atoms with Crippen LogP contribution in [0.15, 0.2) is 24.3 Å². The number of nitro benzene ring substituents is 1. The first-order valence-electron chi connectivity index (χ1n) is 5.19. The minimum atomic E-state index is -0.343. The van der Waals surface area contributed by atoms with Gasteiger partial charge in [-0.05, 0) is 13.0 Å². The molecule has 0 heterocycles. The van der Waals surface area contributed by atoms with E-state index in [-0.39, 0.29) is 10.6 Å². The van der Waals surface area contributed by atoms with E-state index in [4.69, 9.17) is 4.74 Å². The molecule has 5 heteroatoms. The van der Waals surface area contributed by atoms with E-state index < -0.39 is 0 Å². The Labute approximate surface area is 94.6 Å². The summed E-state index contributed by atoms with van der Waals surface area (Å²) in [5.74, 6) is 0. The maximum Gasteiger partial charge on any atom is 0.278 e. The van der Waals surface area contributed by atoms with E-state index in [0.717, 1.165) is 5.56 Å². The van der Waals surface area contributed by atoms with Gasteiger partial charge in [-0.2, -0.15) is 0 Å². The Morgan fingerprint density at radius 2 is 2.19 bits per heavy atom. The van der Waals surface area contributed by atoms with Crippen LogP contribution < -0.4 is 5.32 Å². The number of ether oxygens (including phenoxy) is 1. The number of rotatable bonds is 6. The fourth-order valence-electron chi connectivity index (χ4n) is 1.52. The lowest BCUT2D eigenvalue weighted by Gasteiger charge is -2.09. The highest BCUT2D eigenvalue weighted by atomic mass is 16.6. The molecule has 88 valence electrons. The van der Waals surface area contributed by atoms with E-state index in [1.165, 1.54) is 6.07 Å². The Kier molecular flexibility index (Phi) is 4.88. The van der Waals surface area contributed by atoms with Gasteiger partial charge in [-0.15, -0.1) is 0 Å². The normalized spacial score (nSPS) is 12.4. The van der Waals surface area contributed by atoms with Crippen LogP contribution in [0, 0.1) is 10.1 Å². The van der Waals surface area contributed by atoms with Gasteiger partial charge in [-0.3, -0.25) is 10.1 Å². The molecule has 0 aliphatic heterocycles. The predicted octanol–water partition coefficient (Wildman–Crippen LogP) is 0.693.